The Balaban J connectivity index is 0.00000364. The fraction of sp³-hybridized carbons (Fsp3) is 0.706. The minimum Gasteiger partial charge on any atom is -0.357 e. The van der Waals surface area contributed by atoms with Crippen LogP contribution in [0.25, 0.3) is 0 Å². The van der Waals surface area contributed by atoms with Crippen molar-refractivity contribution in [3.05, 3.63) is 17.5 Å². The van der Waals surface area contributed by atoms with E-state index in [1.165, 1.54) is 30.7 Å². The van der Waals surface area contributed by atoms with Crippen LogP contribution in [0.3, 0.4) is 0 Å². The smallest absolute Gasteiger partial charge is 0.250 e. The van der Waals surface area contributed by atoms with Gasteiger partial charge in [0.1, 0.15) is 4.21 Å². The van der Waals surface area contributed by atoms with Gasteiger partial charge in [0, 0.05) is 32.7 Å². The van der Waals surface area contributed by atoms with Gasteiger partial charge in [0.15, 0.2) is 5.96 Å². The van der Waals surface area contributed by atoms with Crippen molar-refractivity contribution in [1.29, 1.82) is 0 Å². The summed E-state index contributed by atoms with van der Waals surface area (Å²) in [7, 11) is -1.37. The van der Waals surface area contributed by atoms with Crippen molar-refractivity contribution in [3.8, 4) is 0 Å². The summed E-state index contributed by atoms with van der Waals surface area (Å²) in [5.74, 6) is 0.825. The normalized spacial score (nSPS) is 18.3. The first-order valence-corrected chi connectivity index (χ1v) is 11.6. The van der Waals surface area contributed by atoms with Crippen molar-refractivity contribution in [2.24, 2.45) is 4.99 Å². The monoisotopic (exact) mass is 529 g/mol. The van der Waals surface area contributed by atoms with Gasteiger partial charge >= 0.3 is 0 Å². The fourth-order valence-electron chi connectivity index (χ4n) is 3.22. The summed E-state index contributed by atoms with van der Waals surface area (Å²) in [5, 5.41) is 5.05. The van der Waals surface area contributed by atoms with Gasteiger partial charge in [-0.3, -0.25) is 9.89 Å². The van der Waals surface area contributed by atoms with Crippen LogP contribution in [-0.4, -0.2) is 76.5 Å². The molecule has 0 aromatic carbocycles. The van der Waals surface area contributed by atoms with Gasteiger partial charge in [0.25, 0.3) is 0 Å². The lowest BCUT2D eigenvalue weighted by atomic mass is 10.2. The van der Waals surface area contributed by atoms with Crippen LogP contribution < -0.4 is 10.0 Å². The van der Waals surface area contributed by atoms with E-state index in [0.717, 1.165) is 25.6 Å². The van der Waals surface area contributed by atoms with Gasteiger partial charge in [0.05, 0.1) is 6.54 Å². The van der Waals surface area contributed by atoms with Crippen LogP contribution in [0.5, 0.6) is 0 Å². The van der Waals surface area contributed by atoms with Crippen LogP contribution in [0.4, 0.5) is 0 Å². The number of nitrogens with one attached hydrogen (secondary N) is 2. The molecule has 1 aromatic heterocycles. The lowest BCUT2D eigenvalue weighted by Gasteiger charge is -2.29. The number of likely N-dealkylation sites (tertiary alicyclic amines) is 1. The summed E-state index contributed by atoms with van der Waals surface area (Å²) in [6.07, 6.45) is 2.47. The van der Waals surface area contributed by atoms with Crippen molar-refractivity contribution < 1.29 is 8.42 Å². The predicted octanol–water partition coefficient (Wildman–Crippen LogP) is 2.03. The molecule has 2 rings (SSSR count). The number of thiophene rings is 1. The molecule has 0 bridgehead atoms. The molecule has 0 saturated carbocycles. The second kappa shape index (κ2) is 12.2. The van der Waals surface area contributed by atoms with Crippen LogP contribution in [0.15, 0.2) is 26.7 Å². The zero-order chi connectivity index (χ0) is 19.0. The van der Waals surface area contributed by atoms with E-state index in [0.29, 0.717) is 16.8 Å². The molecule has 0 radical (unpaired) electrons. The highest BCUT2D eigenvalue weighted by molar-refractivity contribution is 14.0. The van der Waals surface area contributed by atoms with Crippen LogP contribution >= 0.6 is 35.3 Å². The van der Waals surface area contributed by atoms with E-state index in [1.807, 2.05) is 14.0 Å². The largest absolute Gasteiger partial charge is 0.357 e. The lowest BCUT2D eigenvalue weighted by molar-refractivity contribution is 0.232. The van der Waals surface area contributed by atoms with Gasteiger partial charge < -0.3 is 10.2 Å². The maximum absolute atomic E-state index is 12.1. The third kappa shape index (κ3) is 7.48. The Morgan fingerprint density at radius 3 is 2.85 bits per heavy atom. The third-order valence-corrected chi connectivity index (χ3v) is 7.37. The summed E-state index contributed by atoms with van der Waals surface area (Å²) in [6.45, 7) is 8.90. The van der Waals surface area contributed by atoms with Crippen molar-refractivity contribution in [2.45, 2.75) is 36.9 Å². The first-order valence-electron chi connectivity index (χ1n) is 9.24. The van der Waals surface area contributed by atoms with Gasteiger partial charge in [-0.05, 0) is 44.3 Å². The van der Waals surface area contributed by atoms with E-state index in [4.69, 9.17) is 0 Å². The Morgan fingerprint density at radius 2 is 2.22 bits per heavy atom. The third-order valence-electron chi connectivity index (χ3n) is 4.51. The summed E-state index contributed by atoms with van der Waals surface area (Å²) < 4.78 is 27.2. The fourth-order valence-corrected chi connectivity index (χ4v) is 5.28. The number of hydrogen-bond acceptors (Lipinski definition) is 5. The topological polar surface area (TPSA) is 77.0 Å². The number of sulfonamides is 1. The Morgan fingerprint density at radius 1 is 1.44 bits per heavy atom. The number of rotatable bonds is 9. The molecule has 1 fully saturated rings. The molecule has 2 N–H and O–H groups in total. The van der Waals surface area contributed by atoms with Crippen molar-refractivity contribution in [2.75, 3.05) is 46.3 Å². The van der Waals surface area contributed by atoms with E-state index in [9.17, 15) is 8.42 Å². The first-order chi connectivity index (χ1) is 12.5. The summed E-state index contributed by atoms with van der Waals surface area (Å²) in [4.78, 5) is 9.24. The second-order valence-electron chi connectivity index (χ2n) is 6.37. The van der Waals surface area contributed by atoms with Gasteiger partial charge in [-0.15, -0.1) is 35.3 Å². The van der Waals surface area contributed by atoms with Crippen LogP contribution in [0, 0.1) is 0 Å². The van der Waals surface area contributed by atoms with E-state index in [1.54, 1.807) is 17.5 Å². The zero-order valence-corrected chi connectivity index (χ0v) is 20.3. The van der Waals surface area contributed by atoms with Crippen LogP contribution in [0.1, 0.15) is 26.7 Å². The SMILES string of the molecule is CCNC(=NCCNS(=O)(=O)c1cccs1)N(C)CC1CCCN1CC.I. The maximum Gasteiger partial charge on any atom is 0.250 e. The number of guanidine groups is 1. The minimum absolute atomic E-state index is 0. The van der Waals surface area contributed by atoms with Crippen molar-refractivity contribution in [3.63, 3.8) is 0 Å². The number of likely N-dealkylation sites (N-methyl/N-ethyl adjacent to an activating group) is 2. The van der Waals surface area contributed by atoms with Crippen molar-refractivity contribution >= 4 is 51.3 Å². The summed E-state index contributed by atoms with van der Waals surface area (Å²) >= 11 is 1.22. The summed E-state index contributed by atoms with van der Waals surface area (Å²) in [6, 6.07) is 3.90. The number of halogens is 1. The number of hydrogen-bond donors (Lipinski definition) is 2. The molecule has 0 amide bonds. The highest BCUT2D eigenvalue weighted by Gasteiger charge is 2.24. The average molecular weight is 530 g/mol. The zero-order valence-electron chi connectivity index (χ0n) is 16.3. The average Bonchev–Trinajstić information content (AvgIpc) is 3.29. The molecule has 1 aliphatic heterocycles. The van der Waals surface area contributed by atoms with Crippen LogP contribution in [-0.2, 0) is 10.0 Å². The van der Waals surface area contributed by atoms with Gasteiger partial charge in [-0.1, -0.05) is 13.0 Å². The molecule has 10 heteroatoms. The highest BCUT2D eigenvalue weighted by atomic mass is 127. The second-order valence-corrected chi connectivity index (χ2v) is 9.31. The number of nitrogens with zero attached hydrogens (tertiary/aromatic N) is 3. The van der Waals surface area contributed by atoms with Crippen LogP contribution in [0.2, 0.25) is 0 Å². The molecular weight excluding hydrogens is 497 g/mol. The predicted molar refractivity (Wildman–Crippen MR) is 124 cm³/mol. The standard InChI is InChI=1S/C17H31N5O2S2.HI/c1-4-18-17(21(3)14-15-8-6-12-22(15)5-2)19-10-11-20-26(23,24)16-9-7-13-25-16;/h7,9,13,15,20H,4-6,8,10-12,14H2,1-3H3,(H,18,19);1H. The lowest BCUT2D eigenvalue weighted by Crippen LogP contribution is -2.46. The molecule has 1 saturated heterocycles. The molecule has 1 atom stereocenters. The van der Waals surface area contributed by atoms with Gasteiger partial charge in [-0.2, -0.15) is 0 Å². The first kappa shape index (κ1) is 24.6. The quantitative estimate of drug-likeness (QED) is 0.222. The maximum atomic E-state index is 12.1. The van der Waals surface area contributed by atoms with E-state index < -0.39 is 10.0 Å². The van der Waals surface area contributed by atoms with E-state index >= 15 is 0 Å². The Bertz CT molecular complexity index is 667. The molecule has 1 unspecified atom stereocenters. The van der Waals surface area contributed by atoms with Gasteiger partial charge in [0.2, 0.25) is 10.0 Å². The molecule has 0 aliphatic carbocycles. The van der Waals surface area contributed by atoms with E-state index in [2.05, 4.69) is 31.8 Å². The minimum atomic E-state index is -3.42. The molecule has 1 aliphatic rings. The van der Waals surface area contributed by atoms with Crippen molar-refractivity contribution in [1.82, 2.24) is 19.8 Å². The van der Waals surface area contributed by atoms with E-state index in [-0.39, 0.29) is 30.5 Å². The molecular formula is C17H32IN5O2S2. The molecule has 27 heavy (non-hydrogen) atoms. The molecule has 156 valence electrons. The molecule has 0 spiro atoms. The Kier molecular flexibility index (Phi) is 11.1. The van der Waals surface area contributed by atoms with Gasteiger partial charge in [-0.25, -0.2) is 13.1 Å². The number of aliphatic imine (C=N–C) groups is 1. The highest BCUT2D eigenvalue weighted by Crippen LogP contribution is 2.17. The Labute approximate surface area is 184 Å². The molecule has 2 heterocycles. The summed E-state index contributed by atoms with van der Waals surface area (Å²) in [5.41, 5.74) is 0. The Hall–Kier alpha value is -0.430. The molecule has 7 nitrogen and oxygen atoms in total. The molecule has 1 aromatic rings.